The maximum atomic E-state index is 14.2. The van der Waals surface area contributed by atoms with E-state index in [0.717, 1.165) is 0 Å². The van der Waals surface area contributed by atoms with E-state index in [-0.39, 0.29) is 12.2 Å². The van der Waals surface area contributed by atoms with Gasteiger partial charge in [0, 0.05) is 12.2 Å². The molecule has 0 aliphatic carbocycles. The van der Waals surface area contributed by atoms with Crippen LogP contribution in [0.4, 0.5) is 4.39 Å². The number of ether oxygens (including phenoxy) is 1. The lowest BCUT2D eigenvalue weighted by atomic mass is 9.80. The number of nitrogens with zero attached hydrogens (tertiary/aromatic N) is 1. The summed E-state index contributed by atoms with van der Waals surface area (Å²) in [6, 6.07) is 6.39. The Hall–Kier alpha value is -1.93. The molecule has 19 heavy (non-hydrogen) atoms. The van der Waals surface area contributed by atoms with Crippen LogP contribution in [0.1, 0.15) is 30.4 Å². The van der Waals surface area contributed by atoms with Crippen molar-refractivity contribution in [2.45, 2.75) is 24.7 Å². The molecule has 1 aromatic rings. The van der Waals surface area contributed by atoms with Crippen molar-refractivity contribution in [1.82, 2.24) is 0 Å². The molecule has 0 saturated carbocycles. The van der Waals surface area contributed by atoms with Crippen LogP contribution in [-0.4, -0.2) is 24.3 Å². The molecule has 0 radical (unpaired) electrons. The molecule has 5 heteroatoms. The minimum atomic E-state index is -1.01. The molecule has 1 fully saturated rings. The summed E-state index contributed by atoms with van der Waals surface area (Å²) in [6.45, 7) is 2.10. The lowest BCUT2D eigenvalue weighted by Crippen LogP contribution is -2.25. The van der Waals surface area contributed by atoms with E-state index in [1.54, 1.807) is 6.07 Å². The minimum Gasteiger partial charge on any atom is -0.481 e. The highest BCUT2D eigenvalue weighted by atomic mass is 19.1. The highest BCUT2D eigenvalue weighted by Gasteiger charge is 2.39. The van der Waals surface area contributed by atoms with Gasteiger partial charge in [-0.25, -0.2) is 4.39 Å². The summed E-state index contributed by atoms with van der Waals surface area (Å²) in [4.78, 5) is 10.9. The van der Waals surface area contributed by atoms with Crippen molar-refractivity contribution in [3.8, 4) is 6.07 Å². The smallest absolute Gasteiger partial charge is 0.310 e. The van der Waals surface area contributed by atoms with Gasteiger partial charge in [-0.1, -0.05) is 12.1 Å². The first-order valence-corrected chi connectivity index (χ1v) is 6.02. The molecule has 0 amide bonds. The van der Waals surface area contributed by atoms with Crippen LogP contribution in [0.3, 0.4) is 0 Å². The fourth-order valence-corrected chi connectivity index (χ4v) is 2.26. The fourth-order valence-electron chi connectivity index (χ4n) is 2.26. The van der Waals surface area contributed by atoms with Gasteiger partial charge in [-0.15, -0.1) is 0 Å². The van der Waals surface area contributed by atoms with Gasteiger partial charge in [0.25, 0.3) is 0 Å². The van der Waals surface area contributed by atoms with Crippen LogP contribution in [-0.2, 0) is 14.9 Å². The Labute approximate surface area is 110 Å². The summed E-state index contributed by atoms with van der Waals surface area (Å²) < 4.78 is 19.4. The third kappa shape index (κ3) is 2.32. The number of carboxylic acid groups (broad SMARTS) is 1. The van der Waals surface area contributed by atoms with E-state index in [1.165, 1.54) is 19.1 Å². The first-order valence-electron chi connectivity index (χ1n) is 6.02. The van der Waals surface area contributed by atoms with Crippen molar-refractivity contribution in [3.05, 3.63) is 35.1 Å². The second-order valence-corrected chi connectivity index (χ2v) is 4.80. The molecule has 2 rings (SSSR count). The van der Waals surface area contributed by atoms with Crippen LogP contribution in [0.15, 0.2) is 18.2 Å². The molecule has 1 aliphatic heterocycles. The van der Waals surface area contributed by atoms with Gasteiger partial charge in [-0.3, -0.25) is 4.79 Å². The lowest BCUT2D eigenvalue weighted by Gasteiger charge is -2.20. The molecule has 0 aromatic heterocycles. The van der Waals surface area contributed by atoms with E-state index in [1.807, 2.05) is 0 Å². The molecular weight excluding hydrogens is 249 g/mol. The summed E-state index contributed by atoms with van der Waals surface area (Å²) in [7, 11) is 0. The second kappa shape index (κ2) is 4.98. The SMILES string of the molecule is CC(C(=O)O)c1ccc(C2(C#N)CCOC2)c(F)c1. The Morgan fingerprint density at radius 3 is 2.84 bits per heavy atom. The zero-order valence-electron chi connectivity index (χ0n) is 10.5. The van der Waals surface area contributed by atoms with E-state index >= 15 is 0 Å². The number of hydrogen-bond acceptors (Lipinski definition) is 3. The predicted octanol–water partition coefficient (Wildman–Crippen LogP) is 2.20. The fraction of sp³-hybridized carbons (Fsp3) is 0.429. The molecule has 1 aromatic carbocycles. The molecule has 1 N–H and O–H groups in total. The molecule has 2 atom stereocenters. The highest BCUT2D eigenvalue weighted by Crippen LogP contribution is 2.35. The van der Waals surface area contributed by atoms with Crippen molar-refractivity contribution in [1.29, 1.82) is 5.26 Å². The summed E-state index contributed by atoms with van der Waals surface area (Å²) in [5.41, 5.74) is -0.274. The molecule has 1 aliphatic rings. The molecular formula is C14H14FNO3. The number of nitriles is 1. The maximum absolute atomic E-state index is 14.2. The topological polar surface area (TPSA) is 70.3 Å². The summed E-state index contributed by atoms with van der Waals surface area (Å²) in [6.07, 6.45) is 0.453. The average molecular weight is 263 g/mol. The van der Waals surface area contributed by atoms with E-state index in [2.05, 4.69) is 6.07 Å². The number of aliphatic carboxylic acids is 1. The quantitative estimate of drug-likeness (QED) is 0.907. The standard InChI is InChI=1S/C14H14FNO3/c1-9(13(17)18)10-2-3-11(12(15)6-10)14(7-16)4-5-19-8-14/h2-3,6,9H,4-5,8H2,1H3,(H,17,18). The monoisotopic (exact) mass is 263 g/mol. The molecule has 1 saturated heterocycles. The normalized spacial score (nSPS) is 23.8. The maximum Gasteiger partial charge on any atom is 0.310 e. The van der Waals surface area contributed by atoms with Gasteiger partial charge in [0.2, 0.25) is 0 Å². The first kappa shape index (κ1) is 13.5. The van der Waals surface area contributed by atoms with Gasteiger partial charge < -0.3 is 9.84 Å². The van der Waals surface area contributed by atoms with Gasteiger partial charge in [0.15, 0.2) is 0 Å². The van der Waals surface area contributed by atoms with Crippen molar-refractivity contribution >= 4 is 5.97 Å². The Bertz CT molecular complexity index is 544. The van der Waals surface area contributed by atoms with Gasteiger partial charge in [-0.05, 0) is 25.0 Å². The zero-order chi connectivity index (χ0) is 14.0. The third-order valence-electron chi connectivity index (χ3n) is 3.61. The molecule has 1 heterocycles. The number of hydrogen-bond donors (Lipinski definition) is 1. The van der Waals surface area contributed by atoms with Crippen molar-refractivity contribution < 1.29 is 19.0 Å². The molecule has 2 unspecified atom stereocenters. The van der Waals surface area contributed by atoms with Crippen LogP contribution in [0, 0.1) is 17.1 Å². The van der Waals surface area contributed by atoms with Gasteiger partial charge >= 0.3 is 5.97 Å². The molecule has 0 bridgehead atoms. The Balaban J connectivity index is 2.40. The van der Waals surface area contributed by atoms with E-state index in [0.29, 0.717) is 18.6 Å². The summed E-state index contributed by atoms with van der Waals surface area (Å²) >= 11 is 0. The second-order valence-electron chi connectivity index (χ2n) is 4.80. The summed E-state index contributed by atoms with van der Waals surface area (Å²) in [5.74, 6) is -2.33. The van der Waals surface area contributed by atoms with E-state index < -0.39 is 23.1 Å². The predicted molar refractivity (Wildman–Crippen MR) is 65.2 cm³/mol. The minimum absolute atomic E-state index is 0.175. The lowest BCUT2D eigenvalue weighted by molar-refractivity contribution is -0.138. The van der Waals surface area contributed by atoms with Crippen molar-refractivity contribution in [3.63, 3.8) is 0 Å². The van der Waals surface area contributed by atoms with E-state index in [9.17, 15) is 14.4 Å². The van der Waals surface area contributed by atoms with Crippen LogP contribution < -0.4 is 0 Å². The van der Waals surface area contributed by atoms with E-state index in [4.69, 9.17) is 9.84 Å². The molecule has 100 valence electrons. The Kier molecular flexibility index (Phi) is 3.54. The van der Waals surface area contributed by atoms with Crippen LogP contribution in [0.5, 0.6) is 0 Å². The Morgan fingerprint density at radius 2 is 2.37 bits per heavy atom. The average Bonchev–Trinajstić information content (AvgIpc) is 2.87. The highest BCUT2D eigenvalue weighted by molar-refractivity contribution is 5.75. The Morgan fingerprint density at radius 1 is 1.63 bits per heavy atom. The largest absolute Gasteiger partial charge is 0.481 e. The van der Waals surface area contributed by atoms with Crippen LogP contribution in [0.2, 0.25) is 0 Å². The number of carbonyl (C=O) groups is 1. The summed E-state index contributed by atoms with van der Waals surface area (Å²) in [5, 5.41) is 18.2. The third-order valence-corrected chi connectivity index (χ3v) is 3.61. The van der Waals surface area contributed by atoms with Crippen LogP contribution in [0.25, 0.3) is 0 Å². The van der Waals surface area contributed by atoms with Crippen molar-refractivity contribution in [2.75, 3.05) is 13.2 Å². The van der Waals surface area contributed by atoms with Gasteiger partial charge in [0.1, 0.15) is 11.2 Å². The van der Waals surface area contributed by atoms with Crippen molar-refractivity contribution in [2.24, 2.45) is 0 Å². The van der Waals surface area contributed by atoms with Gasteiger partial charge in [-0.2, -0.15) is 5.26 Å². The number of rotatable bonds is 3. The molecule has 0 spiro atoms. The number of carboxylic acids is 1. The molecule has 4 nitrogen and oxygen atoms in total. The number of halogens is 1. The first-order chi connectivity index (χ1) is 9.00. The number of benzene rings is 1. The van der Waals surface area contributed by atoms with Crippen LogP contribution >= 0.6 is 0 Å². The van der Waals surface area contributed by atoms with Gasteiger partial charge in [0.05, 0.1) is 18.6 Å². The zero-order valence-corrected chi connectivity index (χ0v) is 10.5.